The lowest BCUT2D eigenvalue weighted by atomic mass is 9.88. The summed E-state index contributed by atoms with van der Waals surface area (Å²) < 4.78 is 18.0. The van der Waals surface area contributed by atoms with E-state index in [0.29, 0.717) is 24.5 Å². The Morgan fingerprint density at radius 3 is 2.44 bits per heavy atom. The summed E-state index contributed by atoms with van der Waals surface area (Å²) >= 11 is 0. The summed E-state index contributed by atoms with van der Waals surface area (Å²) in [6, 6.07) is 15.6. The summed E-state index contributed by atoms with van der Waals surface area (Å²) in [4.78, 5) is 18.7. The van der Waals surface area contributed by atoms with Crippen LogP contribution >= 0.6 is 0 Å². The van der Waals surface area contributed by atoms with Crippen LogP contribution in [0.5, 0.6) is 0 Å². The molecule has 0 spiro atoms. The predicted molar refractivity (Wildman–Crippen MR) is 88.5 cm³/mol. The maximum Gasteiger partial charge on any atom is 0.253 e. The first-order valence-electron chi connectivity index (χ1n) is 8.08. The van der Waals surface area contributed by atoms with Crippen LogP contribution in [0.15, 0.2) is 65.5 Å². The van der Waals surface area contributed by atoms with Crippen molar-refractivity contribution in [2.45, 2.75) is 11.8 Å². The van der Waals surface area contributed by atoms with Crippen molar-refractivity contribution in [2.75, 3.05) is 13.1 Å². The van der Waals surface area contributed by atoms with Crippen molar-refractivity contribution >= 4 is 5.91 Å². The molecule has 6 heteroatoms. The summed E-state index contributed by atoms with van der Waals surface area (Å²) in [6.07, 6.45) is 1.31. The molecule has 1 amide bonds. The monoisotopic (exact) mass is 337 g/mol. The van der Waals surface area contributed by atoms with Crippen LogP contribution in [0.2, 0.25) is 0 Å². The van der Waals surface area contributed by atoms with E-state index in [1.807, 2.05) is 30.3 Å². The number of hydrogen-bond acceptors (Lipinski definition) is 4. The quantitative estimate of drug-likeness (QED) is 0.736. The van der Waals surface area contributed by atoms with Gasteiger partial charge in [-0.3, -0.25) is 4.79 Å². The van der Waals surface area contributed by atoms with Crippen molar-refractivity contribution < 1.29 is 13.7 Å². The van der Waals surface area contributed by atoms with E-state index in [0.717, 1.165) is 5.56 Å². The first kappa shape index (κ1) is 15.5. The van der Waals surface area contributed by atoms with Gasteiger partial charge in [0.15, 0.2) is 5.82 Å². The largest absolute Gasteiger partial charge is 0.343 e. The number of amides is 1. The third-order valence-corrected chi connectivity index (χ3v) is 4.64. The van der Waals surface area contributed by atoms with Crippen LogP contribution in [-0.2, 0) is 0 Å². The average Bonchev–Trinajstić information content (AvgIpc) is 3.32. The topological polar surface area (TPSA) is 59.2 Å². The standard InChI is InChI=1S/C19H16FN3O2/c20-15-8-6-14(7-9-15)19(24)23-10-16(13-4-2-1-3-5-13)17(11-23)18-21-12-25-22-18/h1-9,12,16-17H,10-11H2/t16-,17+/m0/s1. The van der Waals surface area contributed by atoms with Crippen LogP contribution in [0.3, 0.4) is 0 Å². The predicted octanol–water partition coefficient (Wildman–Crippen LogP) is 3.23. The van der Waals surface area contributed by atoms with Crippen LogP contribution in [0.1, 0.15) is 33.6 Å². The van der Waals surface area contributed by atoms with Gasteiger partial charge in [0.2, 0.25) is 6.39 Å². The fourth-order valence-electron chi connectivity index (χ4n) is 3.39. The highest BCUT2D eigenvalue weighted by Crippen LogP contribution is 2.38. The van der Waals surface area contributed by atoms with Gasteiger partial charge < -0.3 is 9.42 Å². The summed E-state index contributed by atoms with van der Waals surface area (Å²) in [5, 5.41) is 3.98. The number of benzene rings is 2. The lowest BCUT2D eigenvalue weighted by Crippen LogP contribution is -2.28. The Hall–Kier alpha value is -3.02. The number of carbonyl (C=O) groups excluding carboxylic acids is 1. The van der Waals surface area contributed by atoms with Crippen molar-refractivity contribution in [3.63, 3.8) is 0 Å². The Labute approximate surface area is 144 Å². The first-order valence-corrected chi connectivity index (χ1v) is 8.08. The van der Waals surface area contributed by atoms with Crippen LogP contribution in [0.4, 0.5) is 4.39 Å². The fourth-order valence-corrected chi connectivity index (χ4v) is 3.39. The molecule has 0 aliphatic carbocycles. The number of rotatable bonds is 3. The third-order valence-electron chi connectivity index (χ3n) is 4.64. The molecule has 0 radical (unpaired) electrons. The second kappa shape index (κ2) is 6.47. The fraction of sp³-hybridized carbons (Fsp3) is 0.211. The molecule has 25 heavy (non-hydrogen) atoms. The molecule has 0 bridgehead atoms. The Balaban J connectivity index is 1.63. The number of halogens is 1. The number of nitrogens with zero attached hydrogens (tertiary/aromatic N) is 3. The van der Waals surface area contributed by atoms with E-state index in [9.17, 15) is 9.18 Å². The van der Waals surface area contributed by atoms with Gasteiger partial charge in [0.25, 0.3) is 5.91 Å². The molecule has 1 aliphatic rings. The van der Waals surface area contributed by atoms with Crippen LogP contribution in [0, 0.1) is 5.82 Å². The molecule has 1 aliphatic heterocycles. The van der Waals surface area contributed by atoms with Gasteiger partial charge >= 0.3 is 0 Å². The molecule has 3 aromatic rings. The minimum Gasteiger partial charge on any atom is -0.343 e. The van der Waals surface area contributed by atoms with Gasteiger partial charge in [-0.05, 0) is 29.8 Å². The zero-order chi connectivity index (χ0) is 17.2. The average molecular weight is 337 g/mol. The van der Waals surface area contributed by atoms with E-state index in [4.69, 9.17) is 4.52 Å². The van der Waals surface area contributed by atoms with Gasteiger partial charge in [0, 0.05) is 30.5 Å². The lowest BCUT2D eigenvalue weighted by Gasteiger charge is -2.16. The molecule has 4 rings (SSSR count). The normalized spacial score (nSPS) is 20.0. The van der Waals surface area contributed by atoms with Gasteiger partial charge in [-0.25, -0.2) is 4.39 Å². The third kappa shape index (κ3) is 3.03. The van der Waals surface area contributed by atoms with Crippen molar-refractivity contribution in [3.05, 3.63) is 83.8 Å². The molecule has 5 nitrogen and oxygen atoms in total. The molecule has 2 heterocycles. The maximum absolute atomic E-state index is 13.1. The van der Waals surface area contributed by atoms with Crippen LogP contribution < -0.4 is 0 Å². The van der Waals surface area contributed by atoms with Crippen molar-refractivity contribution in [1.29, 1.82) is 0 Å². The van der Waals surface area contributed by atoms with Crippen molar-refractivity contribution in [1.82, 2.24) is 15.0 Å². The van der Waals surface area contributed by atoms with Gasteiger partial charge in [0.1, 0.15) is 5.82 Å². The molecule has 0 unspecified atom stereocenters. The van der Waals surface area contributed by atoms with Gasteiger partial charge in [-0.15, -0.1) is 0 Å². The van der Waals surface area contributed by atoms with Crippen molar-refractivity contribution in [3.8, 4) is 0 Å². The molecule has 1 fully saturated rings. The molecule has 1 saturated heterocycles. The summed E-state index contributed by atoms with van der Waals surface area (Å²) in [6.45, 7) is 1.05. The van der Waals surface area contributed by atoms with E-state index in [2.05, 4.69) is 10.1 Å². The van der Waals surface area contributed by atoms with Crippen LogP contribution in [0.25, 0.3) is 0 Å². The van der Waals surface area contributed by atoms with E-state index >= 15 is 0 Å². The maximum atomic E-state index is 13.1. The molecular weight excluding hydrogens is 321 g/mol. The molecule has 126 valence electrons. The molecule has 2 aromatic carbocycles. The second-order valence-corrected chi connectivity index (χ2v) is 6.13. The Morgan fingerprint density at radius 1 is 1.04 bits per heavy atom. The lowest BCUT2D eigenvalue weighted by molar-refractivity contribution is 0.0788. The highest BCUT2D eigenvalue weighted by Gasteiger charge is 2.39. The minimum atomic E-state index is -0.357. The molecule has 1 aromatic heterocycles. The summed E-state index contributed by atoms with van der Waals surface area (Å²) in [5.41, 5.74) is 1.61. The van der Waals surface area contributed by atoms with Gasteiger partial charge in [-0.1, -0.05) is 35.5 Å². The number of hydrogen-bond donors (Lipinski definition) is 0. The smallest absolute Gasteiger partial charge is 0.253 e. The SMILES string of the molecule is O=C(c1ccc(F)cc1)N1C[C@@H](c2ccccc2)[C@H](c2ncon2)C1. The number of likely N-dealkylation sites (tertiary alicyclic amines) is 1. The van der Waals surface area contributed by atoms with E-state index in [1.54, 1.807) is 4.90 Å². The molecule has 2 atom stereocenters. The summed E-state index contributed by atoms with van der Waals surface area (Å²) in [7, 11) is 0. The Morgan fingerprint density at radius 2 is 1.76 bits per heavy atom. The number of aromatic nitrogens is 2. The van der Waals surface area contributed by atoms with E-state index < -0.39 is 0 Å². The Kier molecular flexibility index (Phi) is 4.01. The zero-order valence-electron chi connectivity index (χ0n) is 13.4. The molecule has 0 saturated carbocycles. The molecule has 0 N–H and O–H groups in total. The summed E-state index contributed by atoms with van der Waals surface area (Å²) in [5.74, 6) is 0.175. The van der Waals surface area contributed by atoms with Gasteiger partial charge in [-0.2, -0.15) is 4.98 Å². The minimum absolute atomic E-state index is 0.0365. The highest BCUT2D eigenvalue weighted by atomic mass is 19.1. The first-order chi connectivity index (χ1) is 12.2. The highest BCUT2D eigenvalue weighted by molar-refractivity contribution is 5.94. The van der Waals surface area contributed by atoms with E-state index in [1.165, 1.54) is 30.7 Å². The van der Waals surface area contributed by atoms with Gasteiger partial charge in [0.05, 0.1) is 0 Å². The van der Waals surface area contributed by atoms with Crippen LogP contribution in [-0.4, -0.2) is 34.0 Å². The van der Waals surface area contributed by atoms with E-state index in [-0.39, 0.29) is 23.6 Å². The molecular formula is C19H16FN3O2. The van der Waals surface area contributed by atoms with Crippen molar-refractivity contribution in [2.24, 2.45) is 0 Å². The second-order valence-electron chi connectivity index (χ2n) is 6.13. The zero-order valence-corrected chi connectivity index (χ0v) is 13.4. The Bertz CT molecular complexity index is 850. The number of carbonyl (C=O) groups is 1.